The van der Waals surface area contributed by atoms with Gasteiger partial charge in [-0.15, -0.1) is 0 Å². The van der Waals surface area contributed by atoms with Crippen molar-refractivity contribution in [2.45, 2.75) is 92.5 Å². The number of fused-ring (bicyclic) bond motifs is 1. The Labute approximate surface area is 323 Å². The molecule has 3 heterocycles. The number of aromatic nitrogens is 1. The average Bonchev–Trinajstić information content (AvgIpc) is 3.68. The molecule has 3 aromatic rings. The van der Waals surface area contributed by atoms with Gasteiger partial charge in [0.05, 0.1) is 45.7 Å². The number of aromatic hydroxyl groups is 2. The predicted molar refractivity (Wildman–Crippen MR) is 209 cm³/mol. The van der Waals surface area contributed by atoms with Gasteiger partial charge in [-0.3, -0.25) is 14.4 Å². The van der Waals surface area contributed by atoms with Crippen molar-refractivity contribution in [2.24, 2.45) is 23.7 Å². The first-order valence-corrected chi connectivity index (χ1v) is 19.1. The summed E-state index contributed by atoms with van der Waals surface area (Å²) in [4.78, 5) is 45.1. The summed E-state index contributed by atoms with van der Waals surface area (Å²) in [6.07, 6.45) is 3.91. The third-order valence-electron chi connectivity index (χ3n) is 10.7. The molecule has 55 heavy (non-hydrogen) atoms. The van der Waals surface area contributed by atoms with Crippen LogP contribution in [0.15, 0.2) is 36.1 Å². The van der Waals surface area contributed by atoms with E-state index in [1.165, 1.54) is 40.2 Å². The van der Waals surface area contributed by atoms with Crippen LogP contribution < -0.4 is 15.4 Å². The molecule has 0 spiro atoms. The summed E-state index contributed by atoms with van der Waals surface area (Å²) in [5, 5.41) is 52.6. The van der Waals surface area contributed by atoms with E-state index in [1.807, 2.05) is 6.92 Å². The zero-order valence-electron chi connectivity index (χ0n) is 32.7. The maximum absolute atomic E-state index is 14.4. The first-order valence-electron chi connectivity index (χ1n) is 18.3. The van der Waals surface area contributed by atoms with Gasteiger partial charge in [0.1, 0.15) is 23.3 Å². The van der Waals surface area contributed by atoms with E-state index in [4.69, 9.17) is 23.9 Å². The number of ether oxygens (including phenoxy) is 4. The molecule has 0 aliphatic carbocycles. The number of carbonyl (C=O) groups is 3. The number of nitrogens with zero attached hydrogens (tertiary/aromatic N) is 1. The third kappa shape index (κ3) is 7.62. The van der Waals surface area contributed by atoms with Crippen molar-refractivity contribution in [2.75, 3.05) is 24.3 Å². The van der Waals surface area contributed by atoms with Gasteiger partial charge in [0.25, 0.3) is 11.7 Å². The van der Waals surface area contributed by atoms with Crippen LogP contribution in [0.2, 0.25) is 0 Å². The fourth-order valence-corrected chi connectivity index (χ4v) is 8.39. The van der Waals surface area contributed by atoms with Gasteiger partial charge in [-0.2, -0.15) is 0 Å². The number of carbonyl (C=O) groups excluding carboxylic acids is 3. The fourth-order valence-electron chi connectivity index (χ4n) is 7.35. The summed E-state index contributed by atoms with van der Waals surface area (Å²) in [6, 6.07) is 0. The minimum atomic E-state index is -1.94. The topological polar surface area (TPSA) is 206 Å². The van der Waals surface area contributed by atoms with Crippen molar-refractivity contribution in [1.29, 1.82) is 0 Å². The molecule has 2 aliphatic rings. The number of aliphatic hydroxyl groups excluding tert-OH is 2. The van der Waals surface area contributed by atoms with E-state index in [2.05, 4.69) is 10.6 Å². The molecule has 6 N–H and O–H groups in total. The largest absolute Gasteiger partial charge is 0.507 e. The SMILES string of the molecule is CCNc1nc2c(s1)c1c(O)c3c(O)c(C)c4c(c32)C(=O)[C@@](C)(O/C=C/[C@@H](OC)[C@@H](C)[C@@H](OC(C)=O)[C@H](C)[C@H](O)[C@H](C)[C@@H](O)[C@@H](C)/C=C/C=C(/C)C(=O)N1)O4. The number of nitrogens with one attached hydrogen (secondary N) is 2. The summed E-state index contributed by atoms with van der Waals surface area (Å²) in [6.45, 7) is 15.2. The number of amides is 1. The molecule has 15 heteroatoms. The van der Waals surface area contributed by atoms with Gasteiger partial charge in [0.15, 0.2) is 10.9 Å². The molecule has 1 amide bonds. The van der Waals surface area contributed by atoms with Crippen LogP contribution in [0.3, 0.4) is 0 Å². The van der Waals surface area contributed by atoms with Crippen LogP contribution in [0.1, 0.15) is 71.3 Å². The minimum Gasteiger partial charge on any atom is -0.507 e. The standard InChI is InChI=1S/C40H51N3O11S/c1-11-41-39-43-28-25-26-32(47)22(7)35-27(25)37(49)40(9,54-35)52-16-15-24(51-10)19(4)34(53-23(8)44)21(6)31(46)20(5)30(45)17(2)13-12-14-18(3)38(50)42-29(33(26)48)36(28)55-39/h12-17,19-21,24,30-31,34,45-48H,11H2,1-10H3,(H,41,43)(H,42,50)/b13-12+,16-15+,18-14-/t17-,19+,20+,21+,24+,30-,31+,34+,40-/m0/s1. The number of hydrogen-bond acceptors (Lipinski definition) is 14. The molecular formula is C40H51N3O11S. The Morgan fingerprint density at radius 3 is 2.36 bits per heavy atom. The molecule has 0 unspecified atom stereocenters. The monoisotopic (exact) mass is 781 g/mol. The Hall–Kier alpha value is -4.70. The number of esters is 1. The Morgan fingerprint density at radius 1 is 1.04 bits per heavy atom. The molecular weight excluding hydrogens is 731 g/mol. The normalized spacial score (nSPS) is 31.4. The van der Waals surface area contributed by atoms with Gasteiger partial charge in [-0.25, -0.2) is 4.98 Å². The van der Waals surface area contributed by atoms with Crippen molar-refractivity contribution in [3.63, 3.8) is 0 Å². The van der Waals surface area contributed by atoms with Gasteiger partial charge in [-0.1, -0.05) is 57.3 Å². The highest BCUT2D eigenvalue weighted by atomic mass is 32.1. The fraction of sp³-hybridized carbons (Fsp3) is 0.500. The van der Waals surface area contributed by atoms with Crippen molar-refractivity contribution in [1.82, 2.24) is 4.98 Å². The van der Waals surface area contributed by atoms with Crippen molar-refractivity contribution in [3.05, 3.63) is 47.3 Å². The Kier molecular flexibility index (Phi) is 12.2. The molecule has 9 atom stereocenters. The lowest BCUT2D eigenvalue weighted by molar-refractivity contribution is -0.160. The molecule has 5 rings (SSSR count). The maximum Gasteiger partial charge on any atom is 0.312 e. The highest BCUT2D eigenvalue weighted by molar-refractivity contribution is 7.23. The van der Waals surface area contributed by atoms with Crippen LogP contribution in [0.4, 0.5) is 10.8 Å². The molecule has 14 nitrogen and oxygen atoms in total. The van der Waals surface area contributed by atoms with E-state index < -0.39 is 77.3 Å². The number of anilines is 2. The summed E-state index contributed by atoms with van der Waals surface area (Å²) < 4.78 is 24.1. The van der Waals surface area contributed by atoms with E-state index in [1.54, 1.807) is 52.8 Å². The number of allylic oxidation sites excluding steroid dienone is 2. The number of thiazole rings is 1. The van der Waals surface area contributed by atoms with Crippen molar-refractivity contribution < 1.29 is 53.8 Å². The molecule has 0 fully saturated rings. The summed E-state index contributed by atoms with van der Waals surface area (Å²) in [5.41, 5.74) is 0.669. The molecule has 0 saturated carbocycles. The number of ketones is 1. The second kappa shape index (κ2) is 16.2. The van der Waals surface area contributed by atoms with Gasteiger partial charge < -0.3 is 50.0 Å². The lowest BCUT2D eigenvalue weighted by Gasteiger charge is -2.38. The average molecular weight is 782 g/mol. The molecule has 0 radical (unpaired) electrons. The smallest absolute Gasteiger partial charge is 0.312 e. The second-order valence-corrected chi connectivity index (χ2v) is 15.6. The first-order chi connectivity index (χ1) is 25.9. The highest BCUT2D eigenvalue weighted by Crippen LogP contribution is 2.55. The Bertz CT molecular complexity index is 2090. The van der Waals surface area contributed by atoms with Gasteiger partial charge in [0.2, 0.25) is 0 Å². The van der Waals surface area contributed by atoms with E-state index in [0.29, 0.717) is 16.4 Å². The number of aliphatic hydroxyl groups is 2. The van der Waals surface area contributed by atoms with Crippen LogP contribution in [0.5, 0.6) is 17.2 Å². The summed E-state index contributed by atoms with van der Waals surface area (Å²) in [5.74, 6) is -6.85. The van der Waals surface area contributed by atoms with E-state index in [9.17, 15) is 34.8 Å². The first kappa shape index (κ1) is 41.5. The molecule has 0 saturated heterocycles. The van der Waals surface area contributed by atoms with Crippen molar-refractivity contribution >= 4 is 60.8 Å². The van der Waals surface area contributed by atoms with Gasteiger partial charge in [0, 0.05) is 67.7 Å². The third-order valence-corrected chi connectivity index (χ3v) is 11.7. The lowest BCUT2D eigenvalue weighted by Crippen LogP contribution is -2.46. The maximum atomic E-state index is 14.4. The number of Topliss-reactive ketones (excluding diaryl/α,β-unsaturated/α-hetero) is 1. The predicted octanol–water partition coefficient (Wildman–Crippen LogP) is 6.09. The number of hydrogen-bond donors (Lipinski definition) is 6. The van der Waals surface area contributed by atoms with Crippen LogP contribution in [-0.2, 0) is 23.8 Å². The Morgan fingerprint density at radius 2 is 1.73 bits per heavy atom. The number of phenols is 2. The van der Waals surface area contributed by atoms with Gasteiger partial charge >= 0.3 is 11.8 Å². The molecule has 298 valence electrons. The number of benzene rings is 2. The Balaban J connectivity index is 1.72. The number of methoxy groups -OCH3 is 1. The molecule has 4 bridgehead atoms. The quantitative estimate of drug-likeness (QED) is 0.131. The molecule has 2 aromatic carbocycles. The minimum absolute atomic E-state index is 0.00388. The van der Waals surface area contributed by atoms with E-state index in [-0.39, 0.29) is 50.2 Å². The number of rotatable bonds is 4. The summed E-state index contributed by atoms with van der Waals surface area (Å²) >= 11 is 1.15. The molecule has 2 aliphatic heterocycles. The lowest BCUT2D eigenvalue weighted by atomic mass is 9.78. The van der Waals surface area contributed by atoms with Crippen LogP contribution >= 0.6 is 11.3 Å². The zero-order valence-corrected chi connectivity index (χ0v) is 33.5. The summed E-state index contributed by atoms with van der Waals surface area (Å²) in [7, 11) is 1.46. The zero-order chi connectivity index (χ0) is 40.7. The van der Waals surface area contributed by atoms with Crippen molar-refractivity contribution in [3.8, 4) is 17.2 Å². The van der Waals surface area contributed by atoms with Crippen LogP contribution in [0.25, 0.3) is 21.0 Å². The second-order valence-electron chi connectivity index (χ2n) is 14.6. The number of phenolic OH excluding ortho intramolecular Hbond substituents is 2. The highest BCUT2D eigenvalue weighted by Gasteiger charge is 2.49. The van der Waals surface area contributed by atoms with E-state index in [0.717, 1.165) is 11.3 Å². The van der Waals surface area contributed by atoms with E-state index >= 15 is 0 Å². The van der Waals surface area contributed by atoms with Gasteiger partial charge in [-0.05, 0) is 26.8 Å². The van der Waals surface area contributed by atoms with Crippen LogP contribution in [0, 0.1) is 30.6 Å². The molecule has 1 aromatic heterocycles. The van der Waals surface area contributed by atoms with Crippen LogP contribution in [-0.4, -0.2) is 86.9 Å².